The van der Waals surface area contributed by atoms with Crippen LogP contribution in [-0.2, 0) is 4.79 Å². The van der Waals surface area contributed by atoms with Crippen LogP contribution in [0.1, 0.15) is 55.6 Å². The van der Waals surface area contributed by atoms with Gasteiger partial charge < -0.3 is 20.4 Å². The molecule has 0 saturated carbocycles. The fourth-order valence-corrected chi connectivity index (χ4v) is 4.83. The van der Waals surface area contributed by atoms with Crippen LogP contribution in [0.5, 0.6) is 0 Å². The molecule has 2 heterocycles. The topological polar surface area (TPSA) is 88.5 Å². The highest BCUT2D eigenvalue weighted by atomic mass is 16.2. The van der Waals surface area contributed by atoms with Crippen LogP contribution in [0, 0.1) is 11.3 Å². The molecule has 3 amide bonds. The summed E-state index contributed by atoms with van der Waals surface area (Å²) in [7, 11) is 3.68. The summed E-state index contributed by atoms with van der Waals surface area (Å²) in [5, 5.41) is 15.2. The molecule has 0 bridgehead atoms. The van der Waals surface area contributed by atoms with Gasteiger partial charge in [0.05, 0.1) is 6.07 Å². The molecule has 1 unspecified atom stereocenters. The molecule has 0 radical (unpaired) electrons. The van der Waals surface area contributed by atoms with Gasteiger partial charge in [0.1, 0.15) is 6.04 Å². The first-order chi connectivity index (χ1) is 15.5. The van der Waals surface area contributed by atoms with Crippen LogP contribution in [0.3, 0.4) is 0 Å². The van der Waals surface area contributed by atoms with Gasteiger partial charge in [-0.15, -0.1) is 0 Å². The number of carbonyl (C=O) groups excluding carboxylic acids is 2. The number of anilines is 1. The van der Waals surface area contributed by atoms with Crippen molar-refractivity contribution >= 4 is 23.2 Å². The Kier molecular flexibility index (Phi) is 6.50. The van der Waals surface area contributed by atoms with Crippen molar-refractivity contribution in [3.63, 3.8) is 0 Å². The minimum Gasteiger partial charge on any atom is -0.379 e. The number of benzene rings is 1. The van der Waals surface area contributed by atoms with Crippen molar-refractivity contribution < 1.29 is 9.59 Å². The van der Waals surface area contributed by atoms with E-state index in [-0.39, 0.29) is 17.9 Å². The maximum atomic E-state index is 12.9. The minimum atomic E-state index is -0.424. The molecule has 168 valence electrons. The summed E-state index contributed by atoms with van der Waals surface area (Å²) < 4.78 is 0. The molecule has 7 nitrogen and oxygen atoms in total. The Morgan fingerprint density at radius 3 is 2.69 bits per heavy atom. The number of allylic oxidation sites excluding steroid dienone is 2. The van der Waals surface area contributed by atoms with Crippen LogP contribution in [0.15, 0.2) is 36.0 Å². The van der Waals surface area contributed by atoms with Crippen molar-refractivity contribution in [3.05, 3.63) is 47.2 Å². The Labute approximate surface area is 189 Å². The maximum Gasteiger partial charge on any atom is 0.319 e. The quantitative estimate of drug-likeness (QED) is 0.755. The largest absolute Gasteiger partial charge is 0.379 e. The molecular weight excluding hydrogens is 402 g/mol. The zero-order chi connectivity index (χ0) is 22.7. The molecule has 0 spiro atoms. The predicted octanol–water partition coefficient (Wildman–Crippen LogP) is 3.82. The smallest absolute Gasteiger partial charge is 0.319 e. The molecule has 1 saturated heterocycles. The molecule has 4 rings (SSSR count). The first kappa shape index (κ1) is 21.9. The van der Waals surface area contributed by atoms with E-state index in [2.05, 4.69) is 34.9 Å². The van der Waals surface area contributed by atoms with Crippen molar-refractivity contribution in [1.82, 2.24) is 15.1 Å². The third-order valence-corrected chi connectivity index (χ3v) is 6.64. The standard InChI is InChI=1S/C25H31N5O2/c1-29-15-20(16-30(2)25(29)32)19-9-10-22(21(12-19)18-7-5-3-4-6-8-18)28-24(31)23-11-17(13-26)14-27-23/h7,9-10,12,14,20,23,27H,3-6,8,11,15-16H2,1-2H3,(H,28,31). The fourth-order valence-electron chi connectivity index (χ4n) is 4.83. The second-order valence-electron chi connectivity index (χ2n) is 9.07. The van der Waals surface area contributed by atoms with E-state index in [4.69, 9.17) is 5.26 Å². The van der Waals surface area contributed by atoms with Gasteiger partial charge in [-0.05, 0) is 49.0 Å². The molecule has 1 aliphatic carbocycles. The first-order valence-electron chi connectivity index (χ1n) is 11.4. The van der Waals surface area contributed by atoms with Gasteiger partial charge >= 0.3 is 6.03 Å². The number of likely N-dealkylation sites (N-methyl/N-ethyl adjacent to an activating group) is 2. The molecule has 2 N–H and O–H groups in total. The lowest BCUT2D eigenvalue weighted by Gasteiger charge is -2.36. The number of amides is 3. The van der Waals surface area contributed by atoms with E-state index in [9.17, 15) is 9.59 Å². The number of nitriles is 1. The van der Waals surface area contributed by atoms with Gasteiger partial charge in [0, 0.05) is 62.5 Å². The lowest BCUT2D eigenvalue weighted by atomic mass is 9.90. The Morgan fingerprint density at radius 1 is 1.19 bits per heavy atom. The zero-order valence-electron chi connectivity index (χ0n) is 18.9. The van der Waals surface area contributed by atoms with E-state index < -0.39 is 6.04 Å². The first-order valence-corrected chi connectivity index (χ1v) is 11.4. The third kappa shape index (κ3) is 4.64. The normalized spacial score (nSPS) is 21.9. The molecule has 32 heavy (non-hydrogen) atoms. The Morgan fingerprint density at radius 2 is 1.97 bits per heavy atom. The highest BCUT2D eigenvalue weighted by molar-refractivity contribution is 5.98. The van der Waals surface area contributed by atoms with Crippen LogP contribution in [0.4, 0.5) is 10.5 Å². The number of nitrogens with zero attached hydrogens (tertiary/aromatic N) is 3. The molecule has 1 atom stereocenters. The van der Waals surface area contributed by atoms with Crippen LogP contribution < -0.4 is 10.6 Å². The second kappa shape index (κ2) is 9.47. The molecule has 1 fully saturated rings. The summed E-state index contributed by atoms with van der Waals surface area (Å²) in [6.45, 7) is 1.37. The molecular formula is C25H31N5O2. The average Bonchev–Trinajstić information content (AvgIpc) is 3.12. The summed E-state index contributed by atoms with van der Waals surface area (Å²) >= 11 is 0. The van der Waals surface area contributed by atoms with Crippen molar-refractivity contribution in [3.8, 4) is 6.07 Å². The second-order valence-corrected chi connectivity index (χ2v) is 9.07. The van der Waals surface area contributed by atoms with E-state index in [1.54, 1.807) is 16.0 Å². The highest BCUT2D eigenvalue weighted by Crippen LogP contribution is 2.35. The molecule has 3 aliphatic rings. The number of carbonyl (C=O) groups is 2. The van der Waals surface area contributed by atoms with Gasteiger partial charge in [-0.25, -0.2) is 4.79 Å². The highest BCUT2D eigenvalue weighted by Gasteiger charge is 2.29. The van der Waals surface area contributed by atoms with Gasteiger partial charge in [-0.1, -0.05) is 18.6 Å². The van der Waals surface area contributed by atoms with Crippen molar-refractivity contribution in [2.24, 2.45) is 0 Å². The number of hydrogen-bond acceptors (Lipinski definition) is 4. The van der Waals surface area contributed by atoms with E-state index >= 15 is 0 Å². The van der Waals surface area contributed by atoms with Crippen molar-refractivity contribution in [2.45, 2.75) is 50.5 Å². The zero-order valence-corrected chi connectivity index (χ0v) is 18.9. The SMILES string of the molecule is CN1CC(c2ccc(NC(=O)C3CC(C#N)=CN3)c(C3=CCCCCC3)c2)CN(C)C1=O. The molecule has 2 aliphatic heterocycles. The van der Waals surface area contributed by atoms with Crippen LogP contribution in [-0.4, -0.2) is 55.0 Å². The number of urea groups is 1. The lowest BCUT2D eigenvalue weighted by Crippen LogP contribution is -2.48. The van der Waals surface area contributed by atoms with Crippen LogP contribution >= 0.6 is 0 Å². The van der Waals surface area contributed by atoms with E-state index in [0.29, 0.717) is 25.1 Å². The van der Waals surface area contributed by atoms with Crippen LogP contribution in [0.2, 0.25) is 0 Å². The Hall–Kier alpha value is -3.27. The average molecular weight is 434 g/mol. The van der Waals surface area contributed by atoms with E-state index in [1.807, 2.05) is 20.2 Å². The minimum absolute atomic E-state index is 0.0474. The monoisotopic (exact) mass is 433 g/mol. The Bertz CT molecular complexity index is 992. The van der Waals surface area contributed by atoms with E-state index in [0.717, 1.165) is 30.5 Å². The van der Waals surface area contributed by atoms with Crippen molar-refractivity contribution in [2.75, 3.05) is 32.5 Å². The summed E-state index contributed by atoms with van der Waals surface area (Å²) in [4.78, 5) is 28.6. The van der Waals surface area contributed by atoms with Gasteiger partial charge in [0.25, 0.3) is 0 Å². The molecule has 7 heteroatoms. The Balaban J connectivity index is 1.61. The van der Waals surface area contributed by atoms with Gasteiger partial charge in [0.2, 0.25) is 5.91 Å². The number of rotatable bonds is 4. The summed E-state index contributed by atoms with van der Waals surface area (Å²) in [5.41, 5.74) is 4.94. The van der Waals surface area contributed by atoms with Crippen molar-refractivity contribution in [1.29, 1.82) is 5.26 Å². The lowest BCUT2D eigenvalue weighted by molar-refractivity contribution is -0.117. The fraction of sp³-hybridized carbons (Fsp3) is 0.480. The number of nitrogens with one attached hydrogen (secondary N) is 2. The molecule has 1 aromatic carbocycles. The summed E-state index contributed by atoms with van der Waals surface area (Å²) in [5.74, 6) is 0.0916. The molecule has 0 aromatic heterocycles. The predicted molar refractivity (Wildman–Crippen MR) is 125 cm³/mol. The van der Waals surface area contributed by atoms with Gasteiger partial charge in [-0.2, -0.15) is 5.26 Å². The van der Waals surface area contributed by atoms with E-state index in [1.165, 1.54) is 24.0 Å². The maximum absolute atomic E-state index is 12.9. The number of hydrogen-bond donors (Lipinski definition) is 2. The third-order valence-electron chi connectivity index (χ3n) is 6.64. The van der Waals surface area contributed by atoms with Crippen LogP contribution in [0.25, 0.3) is 5.57 Å². The molecule has 1 aromatic rings. The van der Waals surface area contributed by atoms with Gasteiger partial charge in [-0.3, -0.25) is 4.79 Å². The summed E-state index contributed by atoms with van der Waals surface area (Å²) in [6.07, 6.45) is 9.95. The summed E-state index contributed by atoms with van der Waals surface area (Å²) in [6, 6.07) is 8.01. The van der Waals surface area contributed by atoms with Gasteiger partial charge in [0.15, 0.2) is 0 Å².